The van der Waals surface area contributed by atoms with E-state index in [-0.39, 0.29) is 6.61 Å². The van der Waals surface area contributed by atoms with Crippen LogP contribution in [0.4, 0.5) is 0 Å². The van der Waals surface area contributed by atoms with E-state index >= 15 is 0 Å². The third-order valence-electron chi connectivity index (χ3n) is 1.55. The molecule has 1 aromatic rings. The number of aryl methyl sites for hydroxylation is 1. The predicted octanol–water partition coefficient (Wildman–Crippen LogP) is 0.971. The monoisotopic (exact) mass is 190 g/mol. The molecule has 1 aromatic carbocycles. The summed E-state index contributed by atoms with van der Waals surface area (Å²) < 4.78 is 5.14. The van der Waals surface area contributed by atoms with Crippen LogP contribution in [0.25, 0.3) is 0 Å². The lowest BCUT2D eigenvalue weighted by atomic mass is 10.2. The van der Waals surface area contributed by atoms with E-state index in [2.05, 4.69) is 0 Å². The summed E-state index contributed by atoms with van der Waals surface area (Å²) in [5.74, 6) is 0.173. The van der Waals surface area contributed by atoms with Crippen LogP contribution in [0.3, 0.4) is 0 Å². The van der Waals surface area contributed by atoms with E-state index in [0.717, 1.165) is 5.56 Å². The topological polar surface area (TPSA) is 62.1 Å². The maximum Gasteiger partial charge on any atom is 0.270 e. The second-order valence-corrected chi connectivity index (χ2v) is 2.77. The van der Waals surface area contributed by atoms with E-state index in [1.54, 1.807) is 6.07 Å². The Hall–Kier alpha value is -2.02. The van der Waals surface area contributed by atoms with Crippen molar-refractivity contribution < 1.29 is 9.53 Å². The smallest absolute Gasteiger partial charge is 0.270 e. The van der Waals surface area contributed by atoms with Crippen molar-refractivity contribution in [1.29, 1.82) is 5.26 Å². The molecule has 0 aliphatic heterocycles. The minimum absolute atomic E-state index is 0.142. The zero-order valence-corrected chi connectivity index (χ0v) is 7.78. The largest absolute Gasteiger partial charge is 0.484 e. The molecule has 0 heterocycles. The molecule has 4 heteroatoms. The number of nitriles is 1. The summed E-state index contributed by atoms with van der Waals surface area (Å²) in [5.41, 5.74) is 1.06. The van der Waals surface area contributed by atoms with Crippen LogP contribution in [-0.2, 0) is 4.79 Å². The fourth-order valence-corrected chi connectivity index (χ4v) is 0.952. The number of rotatable bonds is 3. The molecule has 0 unspecified atom stereocenters. The van der Waals surface area contributed by atoms with E-state index in [9.17, 15) is 4.79 Å². The van der Waals surface area contributed by atoms with Crippen molar-refractivity contribution in [3.8, 4) is 11.9 Å². The highest BCUT2D eigenvalue weighted by Crippen LogP contribution is 2.11. The molecule has 14 heavy (non-hydrogen) atoms. The summed E-state index contributed by atoms with van der Waals surface area (Å²) in [6.07, 6.45) is 1.54. The first-order valence-corrected chi connectivity index (χ1v) is 4.10. The number of hydrogen-bond acceptors (Lipinski definition) is 3. The normalized spacial score (nSPS) is 8.86. The van der Waals surface area contributed by atoms with Crippen LogP contribution in [0.1, 0.15) is 5.56 Å². The lowest BCUT2D eigenvalue weighted by molar-refractivity contribution is -0.121. The van der Waals surface area contributed by atoms with Gasteiger partial charge in [-0.1, -0.05) is 12.1 Å². The van der Waals surface area contributed by atoms with Crippen LogP contribution < -0.4 is 10.1 Å². The Bertz CT molecular complexity index is 369. The highest BCUT2D eigenvalue weighted by Gasteiger charge is 2.00. The van der Waals surface area contributed by atoms with Crippen molar-refractivity contribution in [2.24, 2.45) is 0 Å². The van der Waals surface area contributed by atoms with Gasteiger partial charge in [0.2, 0.25) is 0 Å². The van der Waals surface area contributed by atoms with E-state index in [1.807, 2.05) is 30.4 Å². The van der Waals surface area contributed by atoms with Gasteiger partial charge in [0.25, 0.3) is 5.91 Å². The lowest BCUT2D eigenvalue weighted by Crippen LogP contribution is -2.24. The summed E-state index contributed by atoms with van der Waals surface area (Å²) in [6, 6.07) is 7.35. The Morgan fingerprint density at radius 2 is 2.43 bits per heavy atom. The zero-order valence-electron chi connectivity index (χ0n) is 7.78. The van der Waals surface area contributed by atoms with Gasteiger partial charge in [0.05, 0.1) is 0 Å². The standard InChI is InChI=1S/C10H10N2O2/c1-8-3-2-4-9(5-8)14-6-10(13)12-7-11/h2-5H,6H2,1H3,(H,12,13). The first-order chi connectivity index (χ1) is 6.72. The average Bonchev–Trinajstić information content (AvgIpc) is 2.15. The summed E-state index contributed by atoms with van der Waals surface area (Å²) in [6.45, 7) is 1.79. The lowest BCUT2D eigenvalue weighted by Gasteiger charge is -2.04. The maximum atomic E-state index is 10.8. The van der Waals surface area contributed by atoms with Crippen LogP contribution in [0.15, 0.2) is 24.3 Å². The number of carbonyl (C=O) groups excluding carboxylic acids is 1. The second kappa shape index (κ2) is 4.87. The number of hydrogen-bond donors (Lipinski definition) is 1. The minimum Gasteiger partial charge on any atom is -0.484 e. The Labute approximate surface area is 82.1 Å². The molecule has 0 radical (unpaired) electrons. The van der Waals surface area contributed by atoms with Crippen molar-refractivity contribution in [1.82, 2.24) is 5.32 Å². The molecule has 0 spiro atoms. The first kappa shape index (κ1) is 10.1. The van der Waals surface area contributed by atoms with Crippen molar-refractivity contribution >= 4 is 5.91 Å². The summed E-state index contributed by atoms with van der Waals surface area (Å²) in [4.78, 5) is 10.8. The molecular weight excluding hydrogens is 180 g/mol. The number of nitrogens with zero attached hydrogens (tertiary/aromatic N) is 1. The quantitative estimate of drug-likeness (QED) is 0.570. The Morgan fingerprint density at radius 1 is 1.64 bits per heavy atom. The highest BCUT2D eigenvalue weighted by atomic mass is 16.5. The molecule has 0 bridgehead atoms. The molecule has 0 aromatic heterocycles. The third-order valence-corrected chi connectivity index (χ3v) is 1.55. The molecular formula is C10H10N2O2. The molecule has 0 aliphatic carbocycles. The fraction of sp³-hybridized carbons (Fsp3) is 0.200. The maximum absolute atomic E-state index is 10.8. The highest BCUT2D eigenvalue weighted by molar-refractivity contribution is 5.78. The molecule has 72 valence electrons. The summed E-state index contributed by atoms with van der Waals surface area (Å²) >= 11 is 0. The molecule has 0 saturated carbocycles. The van der Waals surface area contributed by atoms with Gasteiger partial charge in [-0.25, -0.2) is 0 Å². The summed E-state index contributed by atoms with van der Waals surface area (Å²) in [5, 5.41) is 10.1. The van der Waals surface area contributed by atoms with Crippen molar-refractivity contribution in [2.75, 3.05) is 6.61 Å². The van der Waals surface area contributed by atoms with Gasteiger partial charge in [0, 0.05) is 0 Å². The Balaban J connectivity index is 2.46. The van der Waals surface area contributed by atoms with Gasteiger partial charge in [-0.15, -0.1) is 0 Å². The van der Waals surface area contributed by atoms with Gasteiger partial charge < -0.3 is 4.74 Å². The number of nitrogens with one attached hydrogen (secondary N) is 1. The van der Waals surface area contributed by atoms with Gasteiger partial charge in [0.1, 0.15) is 5.75 Å². The minimum atomic E-state index is -0.450. The van der Waals surface area contributed by atoms with Crippen LogP contribution >= 0.6 is 0 Å². The molecule has 0 atom stereocenters. The van der Waals surface area contributed by atoms with Gasteiger partial charge in [-0.05, 0) is 24.6 Å². The predicted molar refractivity (Wildman–Crippen MR) is 50.4 cm³/mol. The molecule has 0 aliphatic rings. The number of benzene rings is 1. The van der Waals surface area contributed by atoms with Crippen LogP contribution in [0.5, 0.6) is 5.75 Å². The number of amides is 1. The number of carbonyl (C=O) groups is 1. The fourth-order valence-electron chi connectivity index (χ4n) is 0.952. The molecule has 0 saturated heterocycles. The van der Waals surface area contributed by atoms with E-state index in [4.69, 9.17) is 10.00 Å². The first-order valence-electron chi connectivity index (χ1n) is 4.10. The Kier molecular flexibility index (Phi) is 3.50. The SMILES string of the molecule is Cc1cccc(OCC(=O)NC#N)c1. The van der Waals surface area contributed by atoms with Crippen LogP contribution in [0.2, 0.25) is 0 Å². The van der Waals surface area contributed by atoms with E-state index in [1.165, 1.54) is 6.19 Å². The second-order valence-electron chi connectivity index (χ2n) is 2.77. The van der Waals surface area contributed by atoms with Crippen molar-refractivity contribution in [2.45, 2.75) is 6.92 Å². The molecule has 4 nitrogen and oxygen atoms in total. The summed E-state index contributed by atoms with van der Waals surface area (Å²) in [7, 11) is 0. The average molecular weight is 190 g/mol. The van der Waals surface area contributed by atoms with Crippen LogP contribution in [-0.4, -0.2) is 12.5 Å². The Morgan fingerprint density at radius 3 is 3.07 bits per heavy atom. The molecule has 1 N–H and O–H groups in total. The van der Waals surface area contributed by atoms with Crippen LogP contribution in [0, 0.1) is 18.4 Å². The van der Waals surface area contributed by atoms with E-state index < -0.39 is 5.91 Å². The van der Waals surface area contributed by atoms with Crippen molar-refractivity contribution in [3.63, 3.8) is 0 Å². The van der Waals surface area contributed by atoms with Gasteiger partial charge in [0.15, 0.2) is 12.8 Å². The molecule has 0 fully saturated rings. The number of ether oxygens (including phenoxy) is 1. The molecule has 1 amide bonds. The zero-order chi connectivity index (χ0) is 10.4. The molecule has 1 rings (SSSR count). The van der Waals surface area contributed by atoms with Gasteiger partial charge >= 0.3 is 0 Å². The van der Waals surface area contributed by atoms with Crippen molar-refractivity contribution in [3.05, 3.63) is 29.8 Å². The van der Waals surface area contributed by atoms with E-state index in [0.29, 0.717) is 5.75 Å². The van der Waals surface area contributed by atoms with Gasteiger partial charge in [-0.3, -0.25) is 10.1 Å². The van der Waals surface area contributed by atoms with Gasteiger partial charge in [-0.2, -0.15) is 5.26 Å². The third kappa shape index (κ3) is 3.15.